The zero-order valence-corrected chi connectivity index (χ0v) is 12.2. The van der Waals surface area contributed by atoms with E-state index in [1.54, 1.807) is 12.1 Å². The Morgan fingerprint density at radius 1 is 1.42 bits per heavy atom. The van der Waals surface area contributed by atoms with Crippen LogP contribution in [0.3, 0.4) is 0 Å². The fraction of sp³-hybridized carbons (Fsp3) is 0.600. The SMILES string of the molecule is CCC1CCC(CN)C(S(=O)c2cccc(F)c2)C1. The lowest BCUT2D eigenvalue weighted by Crippen LogP contribution is -2.37. The van der Waals surface area contributed by atoms with Crippen LogP contribution in [-0.4, -0.2) is 16.0 Å². The van der Waals surface area contributed by atoms with E-state index in [0.29, 0.717) is 23.3 Å². The van der Waals surface area contributed by atoms with Crippen LogP contribution in [0.1, 0.15) is 32.6 Å². The van der Waals surface area contributed by atoms with E-state index in [0.717, 1.165) is 19.3 Å². The first kappa shape index (κ1) is 14.7. The van der Waals surface area contributed by atoms with Gasteiger partial charge in [0.1, 0.15) is 5.82 Å². The maximum absolute atomic E-state index is 13.3. The predicted octanol–water partition coefficient (Wildman–Crippen LogP) is 3.09. The summed E-state index contributed by atoms with van der Waals surface area (Å²) in [7, 11) is -1.15. The summed E-state index contributed by atoms with van der Waals surface area (Å²) in [5.74, 6) is 0.607. The Morgan fingerprint density at radius 2 is 2.21 bits per heavy atom. The number of hydrogen-bond acceptors (Lipinski definition) is 2. The lowest BCUT2D eigenvalue weighted by Gasteiger charge is -2.34. The molecule has 1 aromatic carbocycles. The highest BCUT2D eigenvalue weighted by Crippen LogP contribution is 2.35. The molecule has 0 aromatic heterocycles. The van der Waals surface area contributed by atoms with Crippen molar-refractivity contribution < 1.29 is 8.60 Å². The molecule has 2 rings (SSSR count). The van der Waals surface area contributed by atoms with Crippen LogP contribution in [0.15, 0.2) is 29.2 Å². The zero-order chi connectivity index (χ0) is 13.8. The van der Waals surface area contributed by atoms with Gasteiger partial charge in [0.2, 0.25) is 0 Å². The summed E-state index contributed by atoms with van der Waals surface area (Å²) < 4.78 is 25.9. The molecule has 2 nitrogen and oxygen atoms in total. The summed E-state index contributed by atoms with van der Waals surface area (Å²) >= 11 is 0. The summed E-state index contributed by atoms with van der Waals surface area (Å²) in [6, 6.07) is 6.15. The smallest absolute Gasteiger partial charge is 0.124 e. The van der Waals surface area contributed by atoms with Crippen LogP contribution < -0.4 is 5.73 Å². The maximum atomic E-state index is 13.3. The van der Waals surface area contributed by atoms with E-state index in [2.05, 4.69) is 6.92 Å². The minimum absolute atomic E-state index is 0.0745. The van der Waals surface area contributed by atoms with Crippen molar-refractivity contribution in [2.45, 2.75) is 42.8 Å². The van der Waals surface area contributed by atoms with Gasteiger partial charge in [-0.25, -0.2) is 4.39 Å². The molecule has 1 saturated carbocycles. The molecule has 0 aliphatic heterocycles. The Kier molecular flexibility index (Phi) is 5.11. The highest BCUT2D eigenvalue weighted by molar-refractivity contribution is 7.85. The van der Waals surface area contributed by atoms with Crippen molar-refractivity contribution in [1.29, 1.82) is 0 Å². The standard InChI is InChI=1S/C15H22FNOS/c1-2-11-6-7-12(10-17)15(8-11)19(18)14-5-3-4-13(16)9-14/h3-5,9,11-12,15H,2,6-8,10,17H2,1H3. The number of halogens is 1. The van der Waals surface area contributed by atoms with Crippen LogP contribution in [0, 0.1) is 17.7 Å². The molecule has 0 amide bonds. The molecule has 1 fully saturated rings. The first-order chi connectivity index (χ1) is 9.15. The van der Waals surface area contributed by atoms with Crippen molar-refractivity contribution in [1.82, 2.24) is 0 Å². The van der Waals surface area contributed by atoms with E-state index in [1.165, 1.54) is 18.6 Å². The molecule has 0 bridgehead atoms. The molecule has 0 radical (unpaired) electrons. The second-order valence-electron chi connectivity index (χ2n) is 5.38. The molecule has 2 N–H and O–H groups in total. The monoisotopic (exact) mass is 283 g/mol. The van der Waals surface area contributed by atoms with Gasteiger partial charge in [0.05, 0.1) is 10.8 Å². The number of nitrogens with two attached hydrogens (primary N) is 1. The summed E-state index contributed by atoms with van der Waals surface area (Å²) in [5, 5.41) is 0.0745. The van der Waals surface area contributed by atoms with E-state index < -0.39 is 10.8 Å². The Balaban J connectivity index is 2.19. The molecule has 106 valence electrons. The number of hydrogen-bond donors (Lipinski definition) is 1. The van der Waals surface area contributed by atoms with Gasteiger partial charge in [-0.3, -0.25) is 4.21 Å². The second kappa shape index (κ2) is 6.62. The first-order valence-electron chi connectivity index (χ1n) is 7.02. The zero-order valence-electron chi connectivity index (χ0n) is 11.3. The van der Waals surface area contributed by atoms with Crippen molar-refractivity contribution in [2.75, 3.05) is 6.54 Å². The normalized spacial score (nSPS) is 29.1. The summed E-state index contributed by atoms with van der Waals surface area (Å²) in [6.45, 7) is 2.75. The maximum Gasteiger partial charge on any atom is 0.124 e. The van der Waals surface area contributed by atoms with E-state index in [4.69, 9.17) is 5.73 Å². The number of benzene rings is 1. The van der Waals surface area contributed by atoms with E-state index in [9.17, 15) is 8.60 Å². The molecule has 19 heavy (non-hydrogen) atoms. The Labute approximate surface area is 117 Å². The quantitative estimate of drug-likeness (QED) is 0.922. The largest absolute Gasteiger partial charge is 0.330 e. The second-order valence-corrected chi connectivity index (χ2v) is 7.05. The summed E-state index contributed by atoms with van der Waals surface area (Å²) in [6.07, 6.45) is 4.28. The average molecular weight is 283 g/mol. The molecular formula is C15H22FNOS. The molecular weight excluding hydrogens is 261 g/mol. The van der Waals surface area contributed by atoms with Crippen LogP contribution in [0.5, 0.6) is 0 Å². The lowest BCUT2D eigenvalue weighted by molar-refractivity contribution is 0.280. The van der Waals surface area contributed by atoms with Crippen LogP contribution in [0.4, 0.5) is 4.39 Å². The molecule has 1 aliphatic carbocycles. The van der Waals surface area contributed by atoms with Gasteiger partial charge in [-0.1, -0.05) is 25.8 Å². The van der Waals surface area contributed by atoms with Gasteiger partial charge in [-0.15, -0.1) is 0 Å². The highest BCUT2D eigenvalue weighted by Gasteiger charge is 2.33. The van der Waals surface area contributed by atoms with Gasteiger partial charge in [-0.05, 0) is 49.4 Å². The molecule has 1 aromatic rings. The third kappa shape index (κ3) is 3.42. The van der Waals surface area contributed by atoms with Gasteiger partial charge in [0.25, 0.3) is 0 Å². The third-order valence-corrected chi connectivity index (χ3v) is 6.07. The van der Waals surface area contributed by atoms with Gasteiger partial charge in [-0.2, -0.15) is 0 Å². The minimum atomic E-state index is -1.15. The fourth-order valence-electron chi connectivity index (χ4n) is 2.94. The topological polar surface area (TPSA) is 43.1 Å². The van der Waals surface area contributed by atoms with Crippen molar-refractivity contribution in [3.05, 3.63) is 30.1 Å². The fourth-order valence-corrected chi connectivity index (χ4v) is 4.78. The van der Waals surface area contributed by atoms with Crippen molar-refractivity contribution in [2.24, 2.45) is 17.6 Å². The third-order valence-electron chi connectivity index (χ3n) is 4.22. The molecule has 0 saturated heterocycles. The van der Waals surface area contributed by atoms with Gasteiger partial charge in [0.15, 0.2) is 0 Å². The van der Waals surface area contributed by atoms with Gasteiger partial charge < -0.3 is 5.73 Å². The first-order valence-corrected chi connectivity index (χ1v) is 8.23. The van der Waals surface area contributed by atoms with E-state index >= 15 is 0 Å². The summed E-state index contributed by atoms with van der Waals surface area (Å²) in [4.78, 5) is 0.597. The Morgan fingerprint density at radius 3 is 2.84 bits per heavy atom. The predicted molar refractivity (Wildman–Crippen MR) is 76.8 cm³/mol. The van der Waals surface area contributed by atoms with E-state index in [1.807, 2.05) is 0 Å². The average Bonchev–Trinajstić information content (AvgIpc) is 2.45. The van der Waals surface area contributed by atoms with Crippen LogP contribution in [0.2, 0.25) is 0 Å². The molecule has 0 spiro atoms. The lowest BCUT2D eigenvalue weighted by atomic mass is 9.80. The minimum Gasteiger partial charge on any atom is -0.330 e. The van der Waals surface area contributed by atoms with Crippen LogP contribution in [0.25, 0.3) is 0 Å². The molecule has 0 heterocycles. The summed E-state index contributed by atoms with van der Waals surface area (Å²) in [5.41, 5.74) is 5.82. The molecule has 4 unspecified atom stereocenters. The van der Waals surface area contributed by atoms with Crippen molar-refractivity contribution in [3.63, 3.8) is 0 Å². The van der Waals surface area contributed by atoms with Crippen molar-refractivity contribution >= 4 is 10.8 Å². The number of rotatable bonds is 4. The van der Waals surface area contributed by atoms with Gasteiger partial charge >= 0.3 is 0 Å². The molecule has 4 heteroatoms. The molecule has 4 atom stereocenters. The van der Waals surface area contributed by atoms with Crippen LogP contribution >= 0.6 is 0 Å². The highest BCUT2D eigenvalue weighted by atomic mass is 32.2. The van der Waals surface area contributed by atoms with Gasteiger partial charge in [0, 0.05) is 10.1 Å². The molecule has 1 aliphatic rings. The van der Waals surface area contributed by atoms with E-state index in [-0.39, 0.29) is 11.1 Å². The Bertz CT molecular complexity index is 452. The Hall–Kier alpha value is -0.740. The van der Waals surface area contributed by atoms with Crippen LogP contribution in [-0.2, 0) is 10.8 Å². The van der Waals surface area contributed by atoms with Crippen molar-refractivity contribution in [3.8, 4) is 0 Å².